The van der Waals surface area contributed by atoms with Crippen molar-refractivity contribution in [2.75, 3.05) is 0 Å². The number of carboxylic acids is 1. The zero-order valence-corrected chi connectivity index (χ0v) is 18.2. The van der Waals surface area contributed by atoms with Gasteiger partial charge >= 0.3 is 5.97 Å². The third kappa shape index (κ3) is 7.12. The topological polar surface area (TPSA) is 113 Å². The van der Waals surface area contributed by atoms with Gasteiger partial charge in [-0.3, -0.25) is 4.79 Å². The van der Waals surface area contributed by atoms with Crippen LogP contribution in [0.25, 0.3) is 0 Å². The van der Waals surface area contributed by atoms with Crippen molar-refractivity contribution in [3.63, 3.8) is 0 Å². The molecule has 0 bridgehead atoms. The van der Waals surface area contributed by atoms with Crippen molar-refractivity contribution in [3.8, 4) is 0 Å². The summed E-state index contributed by atoms with van der Waals surface area (Å²) in [5.41, 5.74) is -0.305. The summed E-state index contributed by atoms with van der Waals surface area (Å²) in [4.78, 5) is 24.8. The molecule has 0 heterocycles. The molecule has 0 radical (unpaired) electrons. The maximum absolute atomic E-state index is 13.1. The molecule has 1 aromatic carbocycles. The van der Waals surface area contributed by atoms with E-state index in [1.807, 2.05) is 20.8 Å². The zero-order chi connectivity index (χ0) is 21.7. The second-order valence-electron chi connectivity index (χ2n) is 8.97. The Bertz CT molecular complexity index is 796. The molecule has 2 atom stereocenters. The van der Waals surface area contributed by atoms with Crippen LogP contribution >= 0.6 is 0 Å². The normalized spacial score (nSPS) is 18.0. The first-order valence-corrected chi connectivity index (χ1v) is 11.6. The van der Waals surface area contributed by atoms with E-state index in [-0.39, 0.29) is 22.6 Å². The summed E-state index contributed by atoms with van der Waals surface area (Å²) in [6.45, 7) is 5.68. The van der Waals surface area contributed by atoms with Crippen LogP contribution in [0.4, 0.5) is 0 Å². The predicted molar refractivity (Wildman–Crippen MR) is 111 cm³/mol. The van der Waals surface area contributed by atoms with E-state index in [1.165, 1.54) is 12.1 Å². The van der Waals surface area contributed by atoms with E-state index < -0.39 is 34.0 Å². The molecule has 1 aliphatic carbocycles. The van der Waals surface area contributed by atoms with Crippen LogP contribution in [0, 0.1) is 11.3 Å². The van der Waals surface area contributed by atoms with E-state index in [9.17, 15) is 23.1 Å². The zero-order valence-electron chi connectivity index (χ0n) is 17.3. The van der Waals surface area contributed by atoms with Crippen molar-refractivity contribution in [1.82, 2.24) is 10.0 Å². The van der Waals surface area contributed by atoms with Gasteiger partial charge in [-0.1, -0.05) is 58.2 Å². The summed E-state index contributed by atoms with van der Waals surface area (Å²) in [6.07, 6.45) is 4.60. The first-order chi connectivity index (χ1) is 13.5. The standard InChI is InChI=1S/C21H32N2O5S/c1-21(2,3)14-17(20(25)26)22-19(24)18(15-10-6-4-7-11-15)23-29(27,28)16-12-8-5-9-13-16/h5,8-9,12-13,15,17-18,23H,4,6-7,10-11,14H2,1-3H3,(H,22,24)(H,25,26). The predicted octanol–water partition coefficient (Wildman–Crippen LogP) is 2.92. The van der Waals surface area contributed by atoms with Gasteiger partial charge in [-0.25, -0.2) is 13.2 Å². The molecule has 2 unspecified atom stereocenters. The molecule has 1 amide bonds. The second-order valence-corrected chi connectivity index (χ2v) is 10.7. The number of aliphatic carboxylic acids is 1. The van der Waals surface area contributed by atoms with Crippen LogP contribution in [0.5, 0.6) is 0 Å². The molecule has 0 aromatic heterocycles. The Balaban J connectivity index is 2.25. The summed E-state index contributed by atoms with van der Waals surface area (Å²) in [5, 5.41) is 12.1. The van der Waals surface area contributed by atoms with E-state index >= 15 is 0 Å². The maximum Gasteiger partial charge on any atom is 0.326 e. The second kappa shape index (κ2) is 9.71. The monoisotopic (exact) mass is 424 g/mol. The van der Waals surface area contributed by atoms with Gasteiger partial charge in [0.25, 0.3) is 0 Å². The van der Waals surface area contributed by atoms with Crippen LogP contribution in [0.1, 0.15) is 59.3 Å². The van der Waals surface area contributed by atoms with E-state index in [1.54, 1.807) is 18.2 Å². The molecule has 1 fully saturated rings. The molecule has 1 saturated carbocycles. The van der Waals surface area contributed by atoms with Crippen molar-refractivity contribution in [3.05, 3.63) is 30.3 Å². The highest BCUT2D eigenvalue weighted by Gasteiger charge is 2.36. The lowest BCUT2D eigenvalue weighted by molar-refractivity contribution is -0.143. The summed E-state index contributed by atoms with van der Waals surface area (Å²) in [5.74, 6) is -1.86. The number of amides is 1. The van der Waals surface area contributed by atoms with E-state index in [2.05, 4.69) is 10.0 Å². The minimum absolute atomic E-state index is 0.0816. The molecule has 162 valence electrons. The van der Waals surface area contributed by atoms with Crippen molar-refractivity contribution in [2.24, 2.45) is 11.3 Å². The largest absolute Gasteiger partial charge is 0.480 e. The van der Waals surface area contributed by atoms with Gasteiger partial charge in [0.05, 0.1) is 4.90 Å². The Kier molecular flexibility index (Phi) is 7.82. The van der Waals surface area contributed by atoms with Gasteiger partial charge < -0.3 is 10.4 Å². The number of hydrogen-bond donors (Lipinski definition) is 3. The third-order valence-electron chi connectivity index (χ3n) is 5.17. The quantitative estimate of drug-likeness (QED) is 0.594. The maximum atomic E-state index is 13.1. The van der Waals surface area contributed by atoms with Crippen LogP contribution in [0.3, 0.4) is 0 Å². The molecule has 7 nitrogen and oxygen atoms in total. The number of hydrogen-bond acceptors (Lipinski definition) is 4. The number of carbonyl (C=O) groups is 2. The van der Waals surface area contributed by atoms with Crippen LogP contribution in [0.2, 0.25) is 0 Å². The lowest BCUT2D eigenvalue weighted by Crippen LogP contribution is -2.55. The highest BCUT2D eigenvalue weighted by Crippen LogP contribution is 2.28. The lowest BCUT2D eigenvalue weighted by Gasteiger charge is -2.31. The highest BCUT2D eigenvalue weighted by molar-refractivity contribution is 7.89. The summed E-state index contributed by atoms with van der Waals surface area (Å²) in [6, 6.07) is 5.82. The fraction of sp³-hybridized carbons (Fsp3) is 0.619. The van der Waals surface area contributed by atoms with Crippen LogP contribution in [-0.2, 0) is 19.6 Å². The number of rotatable bonds is 8. The van der Waals surface area contributed by atoms with Crippen molar-refractivity contribution < 1.29 is 23.1 Å². The van der Waals surface area contributed by atoms with Crippen molar-refractivity contribution in [2.45, 2.75) is 76.3 Å². The molecule has 0 spiro atoms. The first kappa shape index (κ1) is 23.3. The van der Waals surface area contributed by atoms with Crippen LogP contribution in [-0.4, -0.2) is 37.5 Å². The molecule has 1 aliphatic rings. The lowest BCUT2D eigenvalue weighted by atomic mass is 9.83. The van der Waals surface area contributed by atoms with Gasteiger partial charge in [-0.15, -0.1) is 0 Å². The number of sulfonamides is 1. The number of carboxylic acid groups (broad SMARTS) is 1. The van der Waals surface area contributed by atoms with Crippen LogP contribution < -0.4 is 10.0 Å². The van der Waals surface area contributed by atoms with E-state index in [4.69, 9.17) is 0 Å². The van der Waals surface area contributed by atoms with Gasteiger partial charge in [0.15, 0.2) is 0 Å². The Morgan fingerprint density at radius 2 is 1.69 bits per heavy atom. The number of carbonyl (C=O) groups excluding carboxylic acids is 1. The van der Waals surface area contributed by atoms with Gasteiger partial charge in [0.1, 0.15) is 12.1 Å². The molecule has 2 rings (SSSR count). The number of benzene rings is 1. The van der Waals surface area contributed by atoms with Crippen molar-refractivity contribution in [1.29, 1.82) is 0 Å². The Hall–Kier alpha value is -1.93. The molecular formula is C21H32N2O5S. The summed E-state index contributed by atoms with van der Waals surface area (Å²) < 4.78 is 28.2. The molecule has 1 aromatic rings. The molecular weight excluding hydrogens is 392 g/mol. The van der Waals surface area contributed by atoms with Gasteiger partial charge in [-0.05, 0) is 42.7 Å². The fourth-order valence-corrected chi connectivity index (χ4v) is 5.03. The van der Waals surface area contributed by atoms with Gasteiger partial charge in [0.2, 0.25) is 15.9 Å². The van der Waals surface area contributed by atoms with E-state index in [0.717, 1.165) is 32.1 Å². The van der Waals surface area contributed by atoms with Crippen LogP contribution in [0.15, 0.2) is 35.2 Å². The molecule has 3 N–H and O–H groups in total. The Labute approximate surface area is 173 Å². The minimum Gasteiger partial charge on any atom is -0.480 e. The molecule has 0 saturated heterocycles. The van der Waals surface area contributed by atoms with E-state index in [0.29, 0.717) is 0 Å². The third-order valence-corrected chi connectivity index (χ3v) is 6.63. The van der Waals surface area contributed by atoms with Gasteiger partial charge in [0, 0.05) is 0 Å². The molecule has 0 aliphatic heterocycles. The number of nitrogens with one attached hydrogen (secondary N) is 2. The fourth-order valence-electron chi connectivity index (χ4n) is 3.74. The van der Waals surface area contributed by atoms with Gasteiger partial charge in [-0.2, -0.15) is 4.72 Å². The molecule has 8 heteroatoms. The average molecular weight is 425 g/mol. The summed E-state index contributed by atoms with van der Waals surface area (Å²) >= 11 is 0. The Morgan fingerprint density at radius 1 is 1.10 bits per heavy atom. The minimum atomic E-state index is -3.90. The Morgan fingerprint density at radius 3 is 2.21 bits per heavy atom. The highest BCUT2D eigenvalue weighted by atomic mass is 32.2. The SMILES string of the molecule is CC(C)(C)CC(NC(=O)C(NS(=O)(=O)c1ccccc1)C1CCCCC1)C(=O)O. The average Bonchev–Trinajstić information content (AvgIpc) is 2.66. The smallest absolute Gasteiger partial charge is 0.326 e. The molecule has 29 heavy (non-hydrogen) atoms. The summed E-state index contributed by atoms with van der Waals surface area (Å²) in [7, 11) is -3.90. The first-order valence-electron chi connectivity index (χ1n) is 10.1. The van der Waals surface area contributed by atoms with Crippen molar-refractivity contribution >= 4 is 21.9 Å².